The zero-order chi connectivity index (χ0) is 22.9. The molecular weight excluding hydrogens is 430 g/mol. The highest BCUT2D eigenvalue weighted by Gasteiger charge is 2.21. The number of para-hydroxylation sites is 2. The van der Waals surface area contributed by atoms with Gasteiger partial charge in [0.15, 0.2) is 5.16 Å². The number of benzene rings is 2. The predicted octanol–water partition coefficient (Wildman–Crippen LogP) is 2.73. The summed E-state index contributed by atoms with van der Waals surface area (Å²) in [4.78, 5) is 44.1. The molecule has 1 heterocycles. The number of aromatic nitrogens is 2. The van der Waals surface area contributed by atoms with Gasteiger partial charge >= 0.3 is 5.97 Å². The Morgan fingerprint density at radius 1 is 1.09 bits per heavy atom. The first-order valence-corrected chi connectivity index (χ1v) is 11.2. The van der Waals surface area contributed by atoms with Gasteiger partial charge in [0.25, 0.3) is 5.56 Å². The Hall–Kier alpha value is -3.17. The summed E-state index contributed by atoms with van der Waals surface area (Å²) < 4.78 is 11.7. The van der Waals surface area contributed by atoms with Crippen LogP contribution in [0.25, 0.3) is 10.9 Å². The van der Waals surface area contributed by atoms with E-state index in [1.807, 2.05) is 12.1 Å². The normalized spacial score (nSPS) is 10.8. The number of fused-ring (bicyclic) bond motifs is 1. The highest BCUT2D eigenvalue weighted by Crippen LogP contribution is 2.21. The van der Waals surface area contributed by atoms with Crippen molar-refractivity contribution in [1.82, 2.24) is 9.55 Å². The molecule has 1 amide bonds. The van der Waals surface area contributed by atoms with Crippen molar-refractivity contribution in [3.63, 3.8) is 0 Å². The molecule has 8 nitrogen and oxygen atoms in total. The van der Waals surface area contributed by atoms with E-state index in [0.717, 1.165) is 11.8 Å². The number of rotatable bonds is 10. The number of thioether (sulfide) groups is 1. The number of esters is 1. The van der Waals surface area contributed by atoms with Crippen LogP contribution in [0.5, 0.6) is 0 Å². The molecule has 0 saturated heterocycles. The summed E-state index contributed by atoms with van der Waals surface area (Å²) in [6.45, 7) is 2.40. The third-order valence-corrected chi connectivity index (χ3v) is 5.59. The fraction of sp³-hybridized carbons (Fsp3) is 0.304. The third kappa shape index (κ3) is 5.74. The van der Waals surface area contributed by atoms with Gasteiger partial charge in [-0.1, -0.05) is 42.1 Å². The molecule has 168 valence electrons. The van der Waals surface area contributed by atoms with Crippen molar-refractivity contribution in [2.24, 2.45) is 0 Å². The Bertz CT molecular complexity index is 1130. The fourth-order valence-corrected chi connectivity index (χ4v) is 4.01. The van der Waals surface area contributed by atoms with E-state index in [4.69, 9.17) is 9.47 Å². The lowest BCUT2D eigenvalue weighted by molar-refractivity contribution is -0.142. The highest BCUT2D eigenvalue weighted by molar-refractivity contribution is 7.99. The van der Waals surface area contributed by atoms with Crippen LogP contribution >= 0.6 is 11.8 Å². The first-order chi connectivity index (χ1) is 15.5. The summed E-state index contributed by atoms with van der Waals surface area (Å²) in [6, 6.07) is 16.0. The second-order valence-electron chi connectivity index (χ2n) is 6.77. The van der Waals surface area contributed by atoms with Gasteiger partial charge in [-0.15, -0.1) is 0 Å². The van der Waals surface area contributed by atoms with Crippen molar-refractivity contribution in [1.29, 1.82) is 0 Å². The maximum absolute atomic E-state index is 13.1. The molecule has 0 unspecified atom stereocenters. The van der Waals surface area contributed by atoms with Crippen molar-refractivity contribution in [2.45, 2.75) is 18.6 Å². The summed E-state index contributed by atoms with van der Waals surface area (Å²) in [5.41, 5.74) is 0.969. The van der Waals surface area contributed by atoms with Gasteiger partial charge in [0, 0.05) is 12.8 Å². The van der Waals surface area contributed by atoms with Crippen LogP contribution in [0.3, 0.4) is 0 Å². The molecule has 3 rings (SSSR count). The summed E-state index contributed by atoms with van der Waals surface area (Å²) >= 11 is 1.15. The molecule has 0 radical (unpaired) electrons. The molecule has 2 aromatic carbocycles. The number of methoxy groups -OCH3 is 1. The fourth-order valence-electron chi connectivity index (χ4n) is 3.11. The van der Waals surface area contributed by atoms with Gasteiger partial charge in [-0.25, -0.2) is 4.98 Å². The summed E-state index contributed by atoms with van der Waals surface area (Å²) in [5.74, 6) is -0.794. The Morgan fingerprint density at radius 2 is 1.81 bits per heavy atom. The maximum Gasteiger partial charge on any atom is 0.326 e. The van der Waals surface area contributed by atoms with Crippen LogP contribution in [0.1, 0.15) is 6.92 Å². The molecule has 0 atom stereocenters. The van der Waals surface area contributed by atoms with Gasteiger partial charge in [-0.2, -0.15) is 0 Å². The molecule has 0 aliphatic carbocycles. The molecule has 0 aliphatic rings. The lowest BCUT2D eigenvalue weighted by Gasteiger charge is -2.22. The van der Waals surface area contributed by atoms with Crippen molar-refractivity contribution in [3.8, 4) is 0 Å². The molecule has 0 saturated carbocycles. The molecule has 9 heteroatoms. The Morgan fingerprint density at radius 3 is 2.53 bits per heavy atom. The van der Waals surface area contributed by atoms with E-state index in [-0.39, 0.29) is 30.4 Å². The van der Waals surface area contributed by atoms with Crippen LogP contribution in [0.2, 0.25) is 0 Å². The molecular formula is C23H25N3O5S. The lowest BCUT2D eigenvalue weighted by Crippen LogP contribution is -2.38. The third-order valence-electron chi connectivity index (χ3n) is 4.63. The van der Waals surface area contributed by atoms with Gasteiger partial charge in [0.05, 0.1) is 36.4 Å². The molecule has 0 N–H and O–H groups in total. The first-order valence-electron chi connectivity index (χ1n) is 10.2. The monoisotopic (exact) mass is 455 g/mol. The number of amides is 1. The Balaban J connectivity index is 1.86. The number of hydrogen-bond donors (Lipinski definition) is 0. The molecule has 0 fully saturated rings. The van der Waals surface area contributed by atoms with Crippen molar-refractivity contribution >= 4 is 40.2 Å². The molecule has 3 aromatic rings. The van der Waals surface area contributed by atoms with Gasteiger partial charge in [0.2, 0.25) is 5.91 Å². The average Bonchev–Trinajstić information content (AvgIpc) is 2.81. The largest absolute Gasteiger partial charge is 0.465 e. The quantitative estimate of drug-likeness (QED) is 0.264. The zero-order valence-electron chi connectivity index (χ0n) is 18.0. The minimum atomic E-state index is -0.490. The Labute approximate surface area is 190 Å². The molecule has 32 heavy (non-hydrogen) atoms. The van der Waals surface area contributed by atoms with Crippen LogP contribution in [0.4, 0.5) is 5.69 Å². The van der Waals surface area contributed by atoms with Gasteiger partial charge in [-0.05, 0) is 31.2 Å². The summed E-state index contributed by atoms with van der Waals surface area (Å²) in [6.07, 6.45) is 0. The van der Waals surface area contributed by atoms with Gasteiger partial charge < -0.3 is 14.4 Å². The van der Waals surface area contributed by atoms with Gasteiger partial charge in [-0.3, -0.25) is 19.0 Å². The standard InChI is InChI=1S/C23H25N3O5S/c1-3-31-21(28)15-26(17-9-5-4-6-10-17)20(27)16-32-23-24-19-12-8-7-11-18(19)22(29)25(23)13-14-30-2/h4-12H,3,13-16H2,1-2H3. The van der Waals surface area contributed by atoms with E-state index in [1.54, 1.807) is 56.5 Å². The molecule has 0 aliphatic heterocycles. The Kier molecular flexibility index (Phi) is 8.41. The number of hydrogen-bond acceptors (Lipinski definition) is 7. The van der Waals surface area contributed by atoms with E-state index < -0.39 is 5.97 Å². The summed E-state index contributed by atoms with van der Waals surface area (Å²) in [7, 11) is 1.56. The molecule has 0 bridgehead atoms. The van der Waals surface area contributed by atoms with Crippen LogP contribution in [0.15, 0.2) is 64.5 Å². The minimum absolute atomic E-state index is 0.00788. The zero-order valence-corrected chi connectivity index (χ0v) is 18.8. The van der Waals surface area contributed by atoms with Crippen LogP contribution in [-0.4, -0.2) is 54.0 Å². The lowest BCUT2D eigenvalue weighted by atomic mass is 10.2. The van der Waals surface area contributed by atoms with Crippen LogP contribution in [-0.2, 0) is 25.6 Å². The average molecular weight is 456 g/mol. The second kappa shape index (κ2) is 11.4. The SMILES string of the molecule is CCOC(=O)CN(C(=O)CSc1nc2ccccc2c(=O)n1CCOC)c1ccccc1. The number of ether oxygens (including phenoxy) is 2. The van der Waals surface area contributed by atoms with E-state index in [0.29, 0.717) is 34.9 Å². The van der Waals surface area contributed by atoms with E-state index >= 15 is 0 Å². The minimum Gasteiger partial charge on any atom is -0.465 e. The van der Waals surface area contributed by atoms with E-state index in [1.165, 1.54) is 9.47 Å². The van der Waals surface area contributed by atoms with Crippen LogP contribution < -0.4 is 10.5 Å². The van der Waals surface area contributed by atoms with Crippen molar-refractivity contribution < 1.29 is 19.1 Å². The van der Waals surface area contributed by atoms with Gasteiger partial charge in [0.1, 0.15) is 6.54 Å². The number of carbonyl (C=O) groups is 2. The number of nitrogens with zero attached hydrogens (tertiary/aromatic N) is 3. The molecule has 1 aromatic heterocycles. The van der Waals surface area contributed by atoms with Crippen molar-refractivity contribution in [2.75, 3.05) is 37.5 Å². The smallest absolute Gasteiger partial charge is 0.326 e. The highest BCUT2D eigenvalue weighted by atomic mass is 32.2. The topological polar surface area (TPSA) is 90.7 Å². The summed E-state index contributed by atoms with van der Waals surface area (Å²) in [5, 5.41) is 0.927. The first kappa shape index (κ1) is 23.5. The maximum atomic E-state index is 13.1. The molecule has 0 spiro atoms. The van der Waals surface area contributed by atoms with Crippen molar-refractivity contribution in [3.05, 3.63) is 65.0 Å². The predicted molar refractivity (Wildman–Crippen MR) is 124 cm³/mol. The van der Waals surface area contributed by atoms with E-state index in [2.05, 4.69) is 4.98 Å². The van der Waals surface area contributed by atoms with E-state index in [9.17, 15) is 14.4 Å². The number of anilines is 1. The van der Waals surface area contributed by atoms with Crippen LogP contribution in [0, 0.1) is 0 Å². The second-order valence-corrected chi connectivity index (χ2v) is 7.71. The number of carbonyl (C=O) groups excluding carboxylic acids is 2.